The van der Waals surface area contributed by atoms with Gasteiger partial charge in [0.1, 0.15) is 18.1 Å². The SMILES string of the molecule is CC(C)CC(N)C(=O)NC(CCCN=C(N)N)C(=O)NC(CC(=O)O)C(=O)NC(CCCN=C(N)N)C(=O)O. The second kappa shape index (κ2) is 18.2. The van der Waals surface area contributed by atoms with Crippen molar-refractivity contribution in [2.45, 2.75) is 76.5 Å². The largest absolute Gasteiger partial charge is 0.481 e. The van der Waals surface area contributed by atoms with Crippen molar-refractivity contribution in [3.63, 3.8) is 0 Å². The zero-order valence-corrected chi connectivity index (χ0v) is 22.3. The number of carbonyl (C=O) groups excluding carboxylic acids is 3. The molecule has 0 radical (unpaired) electrons. The molecule has 0 rings (SSSR count). The van der Waals surface area contributed by atoms with Gasteiger partial charge in [-0.3, -0.25) is 29.2 Å². The van der Waals surface area contributed by atoms with Gasteiger partial charge < -0.3 is 54.8 Å². The van der Waals surface area contributed by atoms with Gasteiger partial charge in [0.15, 0.2) is 11.9 Å². The monoisotopic (exact) mass is 558 g/mol. The van der Waals surface area contributed by atoms with Gasteiger partial charge >= 0.3 is 11.9 Å². The van der Waals surface area contributed by atoms with E-state index < -0.39 is 60.2 Å². The van der Waals surface area contributed by atoms with E-state index in [-0.39, 0.29) is 56.6 Å². The molecule has 17 nitrogen and oxygen atoms in total. The van der Waals surface area contributed by atoms with Crippen LogP contribution in [-0.2, 0) is 24.0 Å². The summed E-state index contributed by atoms with van der Waals surface area (Å²) in [5.41, 5.74) is 26.9. The number of carboxylic acids is 2. The van der Waals surface area contributed by atoms with Crippen molar-refractivity contribution in [3.05, 3.63) is 0 Å². The minimum absolute atomic E-state index is 0.0344. The van der Waals surface area contributed by atoms with Gasteiger partial charge in [-0.15, -0.1) is 0 Å². The first kappa shape index (κ1) is 34.9. The molecule has 0 aliphatic rings. The Kier molecular flexibility index (Phi) is 16.2. The lowest BCUT2D eigenvalue weighted by Gasteiger charge is -2.25. The molecule has 0 bridgehead atoms. The van der Waals surface area contributed by atoms with Gasteiger partial charge in [-0.05, 0) is 38.0 Å². The Morgan fingerprint density at radius 1 is 0.718 bits per heavy atom. The van der Waals surface area contributed by atoms with Crippen molar-refractivity contribution in [1.82, 2.24) is 16.0 Å². The Labute approximate surface area is 226 Å². The molecule has 0 heterocycles. The number of carbonyl (C=O) groups is 5. The summed E-state index contributed by atoms with van der Waals surface area (Å²) in [6.07, 6.45) is -0.0824. The van der Waals surface area contributed by atoms with E-state index in [4.69, 9.17) is 28.7 Å². The highest BCUT2D eigenvalue weighted by atomic mass is 16.4. The Balaban J connectivity index is 5.61. The van der Waals surface area contributed by atoms with Crippen LogP contribution in [0.4, 0.5) is 0 Å². The first-order valence-corrected chi connectivity index (χ1v) is 12.4. The zero-order chi connectivity index (χ0) is 30.1. The molecule has 0 aliphatic carbocycles. The summed E-state index contributed by atoms with van der Waals surface area (Å²) in [5.74, 6) is -5.57. The summed E-state index contributed by atoms with van der Waals surface area (Å²) in [6.45, 7) is 3.98. The number of amides is 3. The van der Waals surface area contributed by atoms with E-state index in [1.54, 1.807) is 0 Å². The van der Waals surface area contributed by atoms with Crippen LogP contribution in [0.5, 0.6) is 0 Å². The fourth-order valence-corrected chi connectivity index (χ4v) is 3.36. The molecule has 0 aromatic rings. The first-order valence-electron chi connectivity index (χ1n) is 12.4. The quantitative estimate of drug-likeness (QED) is 0.0419. The van der Waals surface area contributed by atoms with Gasteiger partial charge in [0, 0.05) is 13.1 Å². The van der Waals surface area contributed by atoms with Crippen molar-refractivity contribution in [3.8, 4) is 0 Å². The molecule has 0 aromatic heterocycles. The molecule has 0 spiro atoms. The Hall–Kier alpha value is -4.15. The second-order valence-corrected chi connectivity index (χ2v) is 9.25. The Morgan fingerprint density at radius 3 is 1.59 bits per heavy atom. The summed E-state index contributed by atoms with van der Waals surface area (Å²) < 4.78 is 0. The van der Waals surface area contributed by atoms with Crippen molar-refractivity contribution < 1.29 is 34.2 Å². The fourth-order valence-electron chi connectivity index (χ4n) is 3.36. The molecule has 0 aromatic carbocycles. The lowest BCUT2D eigenvalue weighted by Crippen LogP contribution is -2.57. The molecule has 15 N–H and O–H groups in total. The molecule has 0 saturated heterocycles. The third-order valence-electron chi connectivity index (χ3n) is 5.21. The number of nitrogens with one attached hydrogen (secondary N) is 3. The highest BCUT2D eigenvalue weighted by Gasteiger charge is 2.31. The van der Waals surface area contributed by atoms with Gasteiger partial charge in [-0.1, -0.05) is 13.8 Å². The van der Waals surface area contributed by atoms with E-state index in [0.29, 0.717) is 6.42 Å². The van der Waals surface area contributed by atoms with Crippen LogP contribution in [-0.4, -0.2) is 89.0 Å². The number of aliphatic imine (C=N–C) groups is 2. The van der Waals surface area contributed by atoms with Gasteiger partial charge in [-0.25, -0.2) is 4.79 Å². The zero-order valence-electron chi connectivity index (χ0n) is 22.3. The van der Waals surface area contributed by atoms with Crippen LogP contribution in [0.3, 0.4) is 0 Å². The van der Waals surface area contributed by atoms with Crippen molar-refractivity contribution in [1.29, 1.82) is 0 Å². The highest BCUT2D eigenvalue weighted by molar-refractivity contribution is 5.95. The predicted molar refractivity (Wildman–Crippen MR) is 143 cm³/mol. The van der Waals surface area contributed by atoms with Crippen LogP contribution < -0.4 is 44.6 Å². The van der Waals surface area contributed by atoms with E-state index in [9.17, 15) is 34.2 Å². The van der Waals surface area contributed by atoms with E-state index in [1.165, 1.54) is 0 Å². The van der Waals surface area contributed by atoms with Crippen LogP contribution in [0.25, 0.3) is 0 Å². The molecule has 0 saturated carbocycles. The van der Waals surface area contributed by atoms with E-state index in [1.807, 2.05) is 13.8 Å². The molecule has 17 heteroatoms. The van der Waals surface area contributed by atoms with Gasteiger partial charge in [0.05, 0.1) is 12.5 Å². The number of carboxylic acid groups (broad SMARTS) is 2. The van der Waals surface area contributed by atoms with Crippen molar-refractivity contribution >= 4 is 41.6 Å². The lowest BCUT2D eigenvalue weighted by molar-refractivity contribution is -0.143. The van der Waals surface area contributed by atoms with Gasteiger partial charge in [-0.2, -0.15) is 0 Å². The van der Waals surface area contributed by atoms with Crippen LogP contribution in [0.1, 0.15) is 52.4 Å². The maximum Gasteiger partial charge on any atom is 0.326 e. The molecule has 0 fully saturated rings. The van der Waals surface area contributed by atoms with Crippen LogP contribution in [0, 0.1) is 5.92 Å². The number of hydrogen-bond donors (Lipinski definition) is 10. The Morgan fingerprint density at radius 2 is 1.15 bits per heavy atom. The average molecular weight is 559 g/mol. The smallest absolute Gasteiger partial charge is 0.326 e. The van der Waals surface area contributed by atoms with Crippen molar-refractivity contribution in [2.24, 2.45) is 44.6 Å². The van der Waals surface area contributed by atoms with Crippen molar-refractivity contribution in [2.75, 3.05) is 13.1 Å². The standard InChI is InChI=1S/C22H42N10O7/c1-11(2)9-12(23)17(35)30-13(5-3-7-28-21(24)25)18(36)32-15(10-16(33)34)19(37)31-14(20(38)39)6-4-8-29-22(26)27/h11-15H,3-10,23H2,1-2H3,(H,30,35)(H,31,37)(H,32,36)(H,33,34)(H,38,39)(H4,24,25,28)(H4,26,27,29). The number of rotatable bonds is 19. The summed E-state index contributed by atoms with van der Waals surface area (Å²) in [4.78, 5) is 69.0. The first-order chi connectivity index (χ1) is 18.1. The van der Waals surface area contributed by atoms with Crippen LogP contribution in [0.15, 0.2) is 9.98 Å². The van der Waals surface area contributed by atoms with Gasteiger partial charge in [0.2, 0.25) is 17.7 Å². The third-order valence-corrected chi connectivity index (χ3v) is 5.21. The Bertz CT molecular complexity index is 902. The van der Waals surface area contributed by atoms with E-state index in [0.717, 1.165) is 0 Å². The topological polar surface area (TPSA) is 317 Å². The summed E-state index contributed by atoms with van der Waals surface area (Å²) in [7, 11) is 0. The van der Waals surface area contributed by atoms with E-state index >= 15 is 0 Å². The highest BCUT2D eigenvalue weighted by Crippen LogP contribution is 2.07. The number of nitrogens with zero attached hydrogens (tertiary/aromatic N) is 2. The summed E-state index contributed by atoms with van der Waals surface area (Å²) >= 11 is 0. The number of hydrogen-bond acceptors (Lipinski definition) is 8. The molecular formula is C22H42N10O7. The molecule has 222 valence electrons. The molecule has 4 atom stereocenters. The van der Waals surface area contributed by atoms with Gasteiger partial charge in [0.25, 0.3) is 0 Å². The number of nitrogens with two attached hydrogens (primary N) is 5. The average Bonchev–Trinajstić information content (AvgIpc) is 2.80. The molecule has 4 unspecified atom stereocenters. The fraction of sp³-hybridized carbons (Fsp3) is 0.682. The maximum absolute atomic E-state index is 13.1. The van der Waals surface area contributed by atoms with E-state index in [2.05, 4.69) is 25.9 Å². The molecular weight excluding hydrogens is 516 g/mol. The minimum atomic E-state index is -1.64. The minimum Gasteiger partial charge on any atom is -0.481 e. The van der Waals surface area contributed by atoms with Crippen LogP contribution >= 0.6 is 0 Å². The molecule has 0 aliphatic heterocycles. The predicted octanol–water partition coefficient (Wildman–Crippen LogP) is -3.52. The van der Waals surface area contributed by atoms with Crippen LogP contribution in [0.2, 0.25) is 0 Å². The normalized spacial score (nSPS) is 13.7. The molecule has 39 heavy (non-hydrogen) atoms. The summed E-state index contributed by atoms with van der Waals surface area (Å²) in [6, 6.07) is -5.16. The lowest BCUT2D eigenvalue weighted by atomic mass is 10.0. The molecule has 3 amide bonds. The number of guanidine groups is 2. The third kappa shape index (κ3) is 16.3. The summed E-state index contributed by atoms with van der Waals surface area (Å²) in [5, 5.41) is 25.7. The number of aliphatic carboxylic acids is 2. The second-order valence-electron chi connectivity index (χ2n) is 9.25. The maximum atomic E-state index is 13.1.